The van der Waals surface area contributed by atoms with Crippen LogP contribution in [0.15, 0.2) is 16.6 Å². The summed E-state index contributed by atoms with van der Waals surface area (Å²) < 4.78 is 7.57. The van der Waals surface area contributed by atoms with Gasteiger partial charge in [0.25, 0.3) is 0 Å². The SMILES string of the molecule is CCCNCCC1(Oc2cc(C)c(Br)c(C)c2)CCC1. The molecule has 3 heteroatoms. The molecule has 20 heavy (non-hydrogen) atoms. The van der Waals surface area contributed by atoms with E-state index in [1.54, 1.807) is 0 Å². The van der Waals surface area contributed by atoms with E-state index in [0.717, 1.165) is 25.3 Å². The van der Waals surface area contributed by atoms with Crippen molar-refractivity contribution in [2.75, 3.05) is 13.1 Å². The number of nitrogens with one attached hydrogen (secondary N) is 1. The summed E-state index contributed by atoms with van der Waals surface area (Å²) in [6.07, 6.45) is 5.98. The lowest BCUT2D eigenvalue weighted by molar-refractivity contribution is -0.0142. The summed E-state index contributed by atoms with van der Waals surface area (Å²) in [5, 5.41) is 3.49. The van der Waals surface area contributed by atoms with E-state index in [4.69, 9.17) is 4.74 Å². The van der Waals surface area contributed by atoms with Crippen LogP contribution >= 0.6 is 15.9 Å². The van der Waals surface area contributed by atoms with Crippen LogP contribution in [0.25, 0.3) is 0 Å². The average Bonchev–Trinajstić information content (AvgIpc) is 2.37. The number of aryl methyl sites for hydroxylation is 2. The maximum absolute atomic E-state index is 6.37. The molecular formula is C17H26BrNO. The monoisotopic (exact) mass is 339 g/mol. The average molecular weight is 340 g/mol. The van der Waals surface area contributed by atoms with Crippen LogP contribution in [0.4, 0.5) is 0 Å². The highest BCUT2D eigenvalue weighted by molar-refractivity contribution is 9.10. The summed E-state index contributed by atoms with van der Waals surface area (Å²) in [6.45, 7) is 8.62. The van der Waals surface area contributed by atoms with Crippen molar-refractivity contribution in [1.29, 1.82) is 0 Å². The van der Waals surface area contributed by atoms with Crippen molar-refractivity contribution >= 4 is 15.9 Å². The number of hydrogen-bond donors (Lipinski definition) is 1. The summed E-state index contributed by atoms with van der Waals surface area (Å²) in [6, 6.07) is 4.30. The molecule has 0 amide bonds. The van der Waals surface area contributed by atoms with Crippen LogP contribution < -0.4 is 10.1 Å². The number of hydrogen-bond acceptors (Lipinski definition) is 2. The van der Waals surface area contributed by atoms with Crippen LogP contribution in [0.2, 0.25) is 0 Å². The second-order valence-corrected chi connectivity index (χ2v) is 6.80. The molecule has 0 radical (unpaired) electrons. The molecule has 1 aromatic rings. The van der Waals surface area contributed by atoms with Gasteiger partial charge in [0.1, 0.15) is 11.4 Å². The third-order valence-corrected chi connectivity index (χ3v) is 5.44. The Morgan fingerprint density at radius 1 is 1.20 bits per heavy atom. The standard InChI is InChI=1S/C17H26BrNO/c1-4-9-19-10-8-17(6-5-7-17)20-15-11-13(2)16(18)14(3)12-15/h11-12,19H,4-10H2,1-3H3. The molecule has 0 atom stereocenters. The van der Waals surface area contributed by atoms with Crippen LogP contribution in [0.1, 0.15) is 50.2 Å². The lowest BCUT2D eigenvalue weighted by Crippen LogP contribution is -2.45. The fourth-order valence-electron chi connectivity index (χ4n) is 2.81. The van der Waals surface area contributed by atoms with Gasteiger partial charge in [0.15, 0.2) is 0 Å². The Balaban J connectivity index is 1.99. The summed E-state index contributed by atoms with van der Waals surface area (Å²) in [5.41, 5.74) is 2.57. The Morgan fingerprint density at radius 2 is 1.85 bits per heavy atom. The van der Waals surface area contributed by atoms with Gasteiger partial charge in [-0.15, -0.1) is 0 Å². The Labute approximate surface area is 131 Å². The van der Waals surface area contributed by atoms with Crippen molar-refractivity contribution in [2.45, 2.75) is 58.5 Å². The van der Waals surface area contributed by atoms with Crippen molar-refractivity contribution in [1.82, 2.24) is 5.32 Å². The lowest BCUT2D eigenvalue weighted by Gasteiger charge is -2.42. The predicted octanol–water partition coefficient (Wildman–Crippen LogP) is 4.76. The fraction of sp³-hybridized carbons (Fsp3) is 0.647. The number of rotatable bonds is 7. The van der Waals surface area contributed by atoms with E-state index in [9.17, 15) is 0 Å². The minimum absolute atomic E-state index is 0.0768. The van der Waals surface area contributed by atoms with Gasteiger partial charge < -0.3 is 10.1 Å². The molecule has 0 aliphatic heterocycles. The van der Waals surface area contributed by atoms with Crippen LogP contribution in [0.3, 0.4) is 0 Å². The number of halogens is 1. The molecule has 0 unspecified atom stereocenters. The van der Waals surface area contributed by atoms with Gasteiger partial charge in [0.05, 0.1) is 0 Å². The normalized spacial score (nSPS) is 16.8. The van der Waals surface area contributed by atoms with Crippen LogP contribution in [-0.4, -0.2) is 18.7 Å². The first-order valence-corrected chi connectivity index (χ1v) is 8.52. The smallest absolute Gasteiger partial charge is 0.120 e. The van der Waals surface area contributed by atoms with Gasteiger partial charge in [0.2, 0.25) is 0 Å². The molecule has 112 valence electrons. The van der Waals surface area contributed by atoms with Crippen LogP contribution in [0.5, 0.6) is 5.75 Å². The zero-order chi connectivity index (χ0) is 14.6. The molecule has 1 fully saturated rings. The summed E-state index contributed by atoms with van der Waals surface area (Å²) in [7, 11) is 0. The first-order valence-electron chi connectivity index (χ1n) is 7.73. The third kappa shape index (κ3) is 3.76. The van der Waals surface area contributed by atoms with Gasteiger partial charge in [-0.3, -0.25) is 0 Å². The Bertz CT molecular complexity index is 431. The van der Waals surface area contributed by atoms with Crippen molar-refractivity contribution < 1.29 is 4.74 Å². The Hall–Kier alpha value is -0.540. The maximum Gasteiger partial charge on any atom is 0.120 e. The second-order valence-electron chi connectivity index (χ2n) is 6.01. The van der Waals surface area contributed by atoms with E-state index in [1.807, 2.05) is 0 Å². The minimum Gasteiger partial charge on any atom is -0.487 e. The number of benzene rings is 1. The molecule has 1 saturated carbocycles. The molecule has 1 aliphatic rings. The highest BCUT2D eigenvalue weighted by atomic mass is 79.9. The third-order valence-electron chi connectivity index (χ3n) is 4.19. The molecule has 0 aromatic heterocycles. The van der Waals surface area contributed by atoms with Crippen LogP contribution in [0, 0.1) is 13.8 Å². The van der Waals surface area contributed by atoms with Gasteiger partial charge in [0, 0.05) is 4.47 Å². The molecular weight excluding hydrogens is 314 g/mol. The fourth-order valence-corrected chi connectivity index (χ4v) is 3.04. The van der Waals surface area contributed by atoms with Crippen molar-refractivity contribution in [2.24, 2.45) is 0 Å². The van der Waals surface area contributed by atoms with E-state index < -0.39 is 0 Å². The summed E-state index contributed by atoms with van der Waals surface area (Å²) >= 11 is 3.62. The largest absolute Gasteiger partial charge is 0.487 e. The first-order chi connectivity index (χ1) is 9.56. The van der Waals surface area contributed by atoms with Crippen LogP contribution in [-0.2, 0) is 0 Å². The molecule has 2 rings (SSSR count). The molecule has 0 bridgehead atoms. The molecule has 1 aliphatic carbocycles. The predicted molar refractivity (Wildman–Crippen MR) is 88.6 cm³/mol. The molecule has 0 spiro atoms. The van der Waals surface area contributed by atoms with E-state index >= 15 is 0 Å². The second kappa shape index (κ2) is 6.95. The zero-order valence-corrected chi connectivity index (χ0v) is 14.5. The summed E-state index contributed by atoms with van der Waals surface area (Å²) in [4.78, 5) is 0. The van der Waals surface area contributed by atoms with Gasteiger partial charge in [-0.2, -0.15) is 0 Å². The maximum atomic E-state index is 6.37. The Kier molecular flexibility index (Phi) is 5.50. The summed E-state index contributed by atoms with van der Waals surface area (Å²) in [5.74, 6) is 1.03. The molecule has 0 saturated heterocycles. The van der Waals surface area contributed by atoms with Crippen molar-refractivity contribution in [3.05, 3.63) is 27.7 Å². The van der Waals surface area contributed by atoms with Gasteiger partial charge in [-0.05, 0) is 82.3 Å². The molecule has 1 aromatic carbocycles. The minimum atomic E-state index is 0.0768. The van der Waals surface area contributed by atoms with Crippen molar-refractivity contribution in [3.8, 4) is 5.75 Å². The molecule has 0 heterocycles. The quantitative estimate of drug-likeness (QED) is 0.723. The van der Waals surface area contributed by atoms with E-state index in [-0.39, 0.29) is 5.60 Å². The van der Waals surface area contributed by atoms with E-state index in [2.05, 4.69) is 54.2 Å². The first kappa shape index (κ1) is 15.8. The highest BCUT2D eigenvalue weighted by Gasteiger charge is 2.38. The zero-order valence-electron chi connectivity index (χ0n) is 12.9. The highest BCUT2D eigenvalue weighted by Crippen LogP contribution is 2.40. The topological polar surface area (TPSA) is 21.3 Å². The van der Waals surface area contributed by atoms with E-state index in [0.29, 0.717) is 0 Å². The molecule has 2 nitrogen and oxygen atoms in total. The molecule has 1 N–H and O–H groups in total. The Morgan fingerprint density at radius 3 is 2.35 bits per heavy atom. The number of ether oxygens (including phenoxy) is 1. The van der Waals surface area contributed by atoms with Gasteiger partial charge >= 0.3 is 0 Å². The van der Waals surface area contributed by atoms with Gasteiger partial charge in [-0.1, -0.05) is 22.9 Å². The van der Waals surface area contributed by atoms with Gasteiger partial charge in [-0.25, -0.2) is 0 Å². The lowest BCUT2D eigenvalue weighted by atomic mass is 9.77. The van der Waals surface area contributed by atoms with Crippen molar-refractivity contribution in [3.63, 3.8) is 0 Å². The van der Waals surface area contributed by atoms with E-state index in [1.165, 1.54) is 41.3 Å².